The first-order valence-corrected chi connectivity index (χ1v) is 9.06. The van der Waals surface area contributed by atoms with Crippen molar-refractivity contribution >= 4 is 33.0 Å². The molecule has 1 unspecified atom stereocenters. The van der Waals surface area contributed by atoms with Crippen molar-refractivity contribution in [1.82, 2.24) is 4.72 Å². The summed E-state index contributed by atoms with van der Waals surface area (Å²) < 4.78 is 38.0. The zero-order valence-corrected chi connectivity index (χ0v) is 14.5. The molecule has 0 bridgehead atoms. The van der Waals surface area contributed by atoms with E-state index in [1.807, 2.05) is 24.3 Å². The Morgan fingerprint density at radius 2 is 2.05 bits per heavy atom. The normalized spacial score (nSPS) is 13.0. The van der Waals surface area contributed by atoms with Gasteiger partial charge in [0.05, 0.1) is 17.6 Å². The molecular weight excluding hydrogens is 346 g/mol. The van der Waals surface area contributed by atoms with Gasteiger partial charge < -0.3 is 9.47 Å². The molecule has 0 fully saturated rings. The van der Waals surface area contributed by atoms with Gasteiger partial charge in [0.25, 0.3) is 0 Å². The maximum atomic E-state index is 12.2. The molecule has 2 aromatic rings. The minimum absolute atomic E-state index is 0.113. The smallest absolute Gasteiger partial charge is 0.250 e. The highest BCUT2D eigenvalue weighted by molar-refractivity contribution is 7.91. The highest BCUT2D eigenvalue weighted by atomic mass is 35.5. The number of methoxy groups -OCH3 is 2. The SMILES string of the molecule is COc1cccc(C(CNS(=O)(=O)c2ccc(Cl)s2)OC)c1. The van der Waals surface area contributed by atoms with Gasteiger partial charge in [-0.15, -0.1) is 11.3 Å². The molecule has 0 spiro atoms. The monoisotopic (exact) mass is 361 g/mol. The fourth-order valence-corrected chi connectivity index (χ4v) is 4.44. The van der Waals surface area contributed by atoms with E-state index in [9.17, 15) is 8.42 Å². The average molecular weight is 362 g/mol. The van der Waals surface area contributed by atoms with Crippen LogP contribution in [-0.4, -0.2) is 29.2 Å². The molecule has 0 aliphatic carbocycles. The van der Waals surface area contributed by atoms with E-state index in [-0.39, 0.29) is 10.8 Å². The molecule has 5 nitrogen and oxygen atoms in total. The zero-order chi connectivity index (χ0) is 16.2. The summed E-state index contributed by atoms with van der Waals surface area (Å²) in [7, 11) is -0.494. The van der Waals surface area contributed by atoms with Crippen LogP contribution >= 0.6 is 22.9 Å². The third kappa shape index (κ3) is 4.21. The Morgan fingerprint density at radius 1 is 1.27 bits per heavy atom. The summed E-state index contributed by atoms with van der Waals surface area (Å²) in [6, 6.07) is 10.3. The van der Waals surface area contributed by atoms with Crippen LogP contribution in [-0.2, 0) is 14.8 Å². The van der Waals surface area contributed by atoms with Crippen molar-refractivity contribution in [2.45, 2.75) is 10.3 Å². The third-order valence-corrected chi connectivity index (χ3v) is 6.17. The lowest BCUT2D eigenvalue weighted by Crippen LogP contribution is -2.28. The Kier molecular flexibility index (Phi) is 5.82. The van der Waals surface area contributed by atoms with Crippen molar-refractivity contribution in [3.8, 4) is 5.75 Å². The van der Waals surface area contributed by atoms with Crippen LogP contribution in [0.2, 0.25) is 4.34 Å². The molecule has 1 N–H and O–H groups in total. The van der Waals surface area contributed by atoms with Gasteiger partial charge >= 0.3 is 0 Å². The maximum absolute atomic E-state index is 12.2. The largest absolute Gasteiger partial charge is 0.497 e. The molecule has 1 aromatic carbocycles. The first-order chi connectivity index (χ1) is 10.5. The molecule has 120 valence electrons. The summed E-state index contributed by atoms with van der Waals surface area (Å²) in [4.78, 5) is 0. The van der Waals surface area contributed by atoms with Gasteiger partial charge in [-0.25, -0.2) is 13.1 Å². The van der Waals surface area contributed by atoms with E-state index in [2.05, 4.69) is 4.72 Å². The molecule has 1 atom stereocenters. The lowest BCUT2D eigenvalue weighted by Gasteiger charge is -2.17. The highest BCUT2D eigenvalue weighted by Gasteiger charge is 2.20. The van der Waals surface area contributed by atoms with Crippen LogP contribution in [0.4, 0.5) is 0 Å². The van der Waals surface area contributed by atoms with Crippen molar-refractivity contribution in [2.75, 3.05) is 20.8 Å². The maximum Gasteiger partial charge on any atom is 0.250 e. The molecule has 0 aliphatic heterocycles. The summed E-state index contributed by atoms with van der Waals surface area (Å²) in [5.41, 5.74) is 0.828. The third-order valence-electron chi connectivity index (χ3n) is 3.02. The van der Waals surface area contributed by atoms with E-state index >= 15 is 0 Å². The van der Waals surface area contributed by atoms with Crippen molar-refractivity contribution in [3.05, 3.63) is 46.3 Å². The van der Waals surface area contributed by atoms with E-state index in [1.165, 1.54) is 13.2 Å². The minimum Gasteiger partial charge on any atom is -0.497 e. The molecule has 2 rings (SSSR count). The molecule has 0 amide bonds. The van der Waals surface area contributed by atoms with Crippen LogP contribution < -0.4 is 9.46 Å². The van der Waals surface area contributed by atoms with Crippen LogP contribution in [0.15, 0.2) is 40.6 Å². The first kappa shape index (κ1) is 17.2. The predicted molar refractivity (Wildman–Crippen MR) is 87.3 cm³/mol. The minimum atomic E-state index is -3.60. The van der Waals surface area contributed by atoms with Gasteiger partial charge in [-0.3, -0.25) is 0 Å². The summed E-state index contributed by atoms with van der Waals surface area (Å²) in [6.07, 6.45) is -0.416. The van der Waals surface area contributed by atoms with E-state index in [1.54, 1.807) is 13.2 Å². The van der Waals surface area contributed by atoms with Crippen molar-refractivity contribution in [3.63, 3.8) is 0 Å². The summed E-state index contributed by atoms with van der Waals surface area (Å²) in [5.74, 6) is 0.687. The van der Waals surface area contributed by atoms with E-state index in [4.69, 9.17) is 21.1 Å². The van der Waals surface area contributed by atoms with Gasteiger partial charge in [-0.1, -0.05) is 23.7 Å². The Morgan fingerprint density at radius 3 is 2.64 bits per heavy atom. The second-order valence-electron chi connectivity index (χ2n) is 4.41. The Balaban J connectivity index is 2.10. The molecule has 1 aromatic heterocycles. The second kappa shape index (κ2) is 7.43. The first-order valence-electron chi connectivity index (χ1n) is 6.38. The Hall–Kier alpha value is -1.12. The zero-order valence-electron chi connectivity index (χ0n) is 12.1. The van der Waals surface area contributed by atoms with E-state index < -0.39 is 16.1 Å². The number of rotatable bonds is 7. The van der Waals surface area contributed by atoms with Gasteiger partial charge in [0.2, 0.25) is 10.0 Å². The van der Waals surface area contributed by atoms with Crippen molar-refractivity contribution in [1.29, 1.82) is 0 Å². The molecule has 0 aliphatic rings. The number of hydrogen-bond donors (Lipinski definition) is 1. The summed E-state index contributed by atoms with van der Waals surface area (Å²) in [5, 5.41) is 0. The standard InChI is InChI=1S/C14H16ClNO4S2/c1-19-11-5-3-4-10(8-11)12(20-2)9-16-22(17,18)14-7-6-13(15)21-14/h3-8,12,16H,9H2,1-2H3. The Bertz CT molecular complexity index is 730. The number of ether oxygens (including phenoxy) is 2. The number of benzene rings is 1. The quantitative estimate of drug-likeness (QED) is 0.823. The van der Waals surface area contributed by atoms with Gasteiger partial charge in [0.1, 0.15) is 9.96 Å². The van der Waals surface area contributed by atoms with E-state index in [0.29, 0.717) is 10.1 Å². The van der Waals surface area contributed by atoms with Gasteiger partial charge in [0.15, 0.2) is 0 Å². The van der Waals surface area contributed by atoms with Gasteiger partial charge in [0, 0.05) is 13.7 Å². The van der Waals surface area contributed by atoms with Gasteiger partial charge in [-0.2, -0.15) is 0 Å². The number of hydrogen-bond acceptors (Lipinski definition) is 5. The van der Waals surface area contributed by atoms with Gasteiger partial charge in [-0.05, 0) is 29.8 Å². The molecule has 22 heavy (non-hydrogen) atoms. The average Bonchev–Trinajstić information content (AvgIpc) is 2.95. The molecule has 1 heterocycles. The van der Waals surface area contributed by atoms with E-state index in [0.717, 1.165) is 16.9 Å². The molecule has 0 saturated heterocycles. The van der Waals surface area contributed by atoms with Crippen LogP contribution in [0.25, 0.3) is 0 Å². The molecule has 0 radical (unpaired) electrons. The van der Waals surface area contributed by atoms with Crippen molar-refractivity contribution < 1.29 is 17.9 Å². The van der Waals surface area contributed by atoms with Crippen LogP contribution in [0, 0.1) is 0 Å². The fourth-order valence-electron chi connectivity index (χ4n) is 1.88. The van der Waals surface area contributed by atoms with Crippen LogP contribution in [0.5, 0.6) is 5.75 Å². The fraction of sp³-hybridized carbons (Fsp3) is 0.286. The van der Waals surface area contributed by atoms with Crippen molar-refractivity contribution in [2.24, 2.45) is 0 Å². The number of nitrogens with one attached hydrogen (secondary N) is 1. The molecule has 0 saturated carbocycles. The number of thiophene rings is 1. The lowest BCUT2D eigenvalue weighted by atomic mass is 10.1. The molecular formula is C14H16ClNO4S2. The summed E-state index contributed by atoms with van der Waals surface area (Å²) >= 11 is 6.78. The highest BCUT2D eigenvalue weighted by Crippen LogP contribution is 2.26. The lowest BCUT2D eigenvalue weighted by molar-refractivity contribution is 0.107. The second-order valence-corrected chi connectivity index (χ2v) is 8.12. The topological polar surface area (TPSA) is 64.6 Å². The predicted octanol–water partition coefficient (Wildman–Crippen LogP) is 3.08. The van der Waals surface area contributed by atoms with Crippen LogP contribution in [0.1, 0.15) is 11.7 Å². The Labute approximate surface area is 138 Å². The van der Waals surface area contributed by atoms with Crippen LogP contribution in [0.3, 0.4) is 0 Å². The molecule has 8 heteroatoms. The number of sulfonamides is 1. The summed E-state index contributed by atoms with van der Waals surface area (Å²) in [6.45, 7) is 0.113. The number of halogens is 1.